The van der Waals surface area contributed by atoms with E-state index in [1.807, 2.05) is 6.92 Å². The first-order chi connectivity index (χ1) is 9.96. The van der Waals surface area contributed by atoms with Crippen molar-refractivity contribution in [2.75, 3.05) is 7.11 Å². The van der Waals surface area contributed by atoms with Gasteiger partial charge in [-0.2, -0.15) is 0 Å². The van der Waals surface area contributed by atoms with Gasteiger partial charge in [0.15, 0.2) is 11.5 Å². The van der Waals surface area contributed by atoms with E-state index in [2.05, 4.69) is 0 Å². The van der Waals surface area contributed by atoms with Gasteiger partial charge in [-0.05, 0) is 5.92 Å². The molecule has 2 rings (SSSR count). The molecule has 1 heterocycles. The molecule has 0 bridgehead atoms. The second kappa shape index (κ2) is 5.50. The van der Waals surface area contributed by atoms with Crippen LogP contribution >= 0.6 is 0 Å². The van der Waals surface area contributed by atoms with Crippen molar-refractivity contribution in [3.63, 3.8) is 0 Å². The molecule has 2 N–H and O–H groups in total. The number of carbonyl (C=O) groups excluding carboxylic acids is 2. The number of phenols is 1. The number of fused-ring (bicyclic) bond motifs is 1. The minimum Gasteiger partial charge on any atom is -0.510 e. The summed E-state index contributed by atoms with van der Waals surface area (Å²) in [6.45, 7) is 3.68. The minimum atomic E-state index is -0.857. The van der Waals surface area contributed by atoms with E-state index in [-0.39, 0.29) is 33.6 Å². The predicted molar refractivity (Wildman–Crippen MR) is 73.3 cm³/mol. The Balaban J connectivity index is 2.86. The molecular weight excluding hydrogens is 276 g/mol. The number of esters is 1. The number of aromatic hydroxyl groups is 1. The van der Waals surface area contributed by atoms with Gasteiger partial charge in [0.2, 0.25) is 0 Å². The molecule has 0 radical (unpaired) electrons. The number of aliphatic hydroxyl groups excluding tert-OH is 1. The number of benzene rings is 1. The molecule has 0 spiro atoms. The summed E-state index contributed by atoms with van der Waals surface area (Å²) in [5, 5.41) is 20.5. The Morgan fingerprint density at radius 1 is 1.48 bits per heavy atom. The van der Waals surface area contributed by atoms with Crippen LogP contribution in [-0.2, 0) is 9.59 Å². The number of hydrogen-bond donors (Lipinski definition) is 2. The second-order valence-electron chi connectivity index (χ2n) is 4.95. The number of rotatable bonds is 3. The summed E-state index contributed by atoms with van der Waals surface area (Å²) in [4.78, 5) is 22.9. The van der Waals surface area contributed by atoms with E-state index in [0.717, 1.165) is 0 Å². The highest BCUT2D eigenvalue weighted by Crippen LogP contribution is 2.31. The van der Waals surface area contributed by atoms with Gasteiger partial charge in [-0.1, -0.05) is 20.3 Å². The van der Waals surface area contributed by atoms with Gasteiger partial charge in [0.05, 0.1) is 7.11 Å². The Hall–Kier alpha value is -2.46. The van der Waals surface area contributed by atoms with Crippen molar-refractivity contribution >= 4 is 17.7 Å². The Bertz CT molecular complexity index is 730. The molecule has 0 fully saturated rings. The zero-order valence-corrected chi connectivity index (χ0v) is 12.0. The number of phenolic OH excluding ortho intramolecular Hbond substituents is 1. The van der Waals surface area contributed by atoms with E-state index >= 15 is 0 Å². The highest BCUT2D eigenvalue weighted by Gasteiger charge is 2.36. The molecule has 2 unspecified atom stereocenters. The third-order valence-electron chi connectivity index (χ3n) is 3.76. The largest absolute Gasteiger partial charge is 0.510 e. The van der Waals surface area contributed by atoms with Gasteiger partial charge in [0, 0.05) is 6.07 Å². The van der Waals surface area contributed by atoms with Crippen LogP contribution in [0.3, 0.4) is 0 Å². The third-order valence-corrected chi connectivity index (χ3v) is 3.76. The SMILES string of the molecule is CCC(C)C1C(=O)Oc2cc(=C=O)c(OC)c(O)c2=C1O. The average Bonchev–Trinajstić information content (AvgIpc) is 2.45. The molecule has 0 aliphatic carbocycles. The molecule has 0 aromatic heterocycles. The highest BCUT2D eigenvalue weighted by molar-refractivity contribution is 5.87. The minimum absolute atomic E-state index is 0.0178. The lowest BCUT2D eigenvalue weighted by Gasteiger charge is -2.25. The van der Waals surface area contributed by atoms with E-state index < -0.39 is 17.6 Å². The van der Waals surface area contributed by atoms with E-state index in [1.54, 1.807) is 12.9 Å². The van der Waals surface area contributed by atoms with Crippen molar-refractivity contribution in [3.8, 4) is 17.2 Å². The summed E-state index contributed by atoms with van der Waals surface area (Å²) in [6, 6.07) is 1.21. The smallest absolute Gasteiger partial charge is 0.322 e. The number of carbonyl (C=O) groups is 1. The van der Waals surface area contributed by atoms with Gasteiger partial charge >= 0.3 is 5.97 Å². The Morgan fingerprint density at radius 3 is 2.67 bits per heavy atom. The fraction of sp³-hybridized carbons (Fsp3) is 0.400. The summed E-state index contributed by atoms with van der Waals surface area (Å²) in [5.41, 5.74) is 0. The van der Waals surface area contributed by atoms with Crippen LogP contribution in [0.25, 0.3) is 5.76 Å². The predicted octanol–water partition coefficient (Wildman–Crippen LogP) is 0.151. The van der Waals surface area contributed by atoms with Crippen LogP contribution in [0.2, 0.25) is 0 Å². The van der Waals surface area contributed by atoms with Gasteiger partial charge in [0.25, 0.3) is 0 Å². The molecule has 0 saturated heterocycles. The summed E-state index contributed by atoms with van der Waals surface area (Å²) in [6.07, 6.45) is 0.650. The van der Waals surface area contributed by atoms with Crippen LogP contribution in [0, 0.1) is 11.8 Å². The van der Waals surface area contributed by atoms with Crippen LogP contribution in [0.5, 0.6) is 17.2 Å². The number of methoxy groups -OCH3 is 1. The molecule has 6 heteroatoms. The van der Waals surface area contributed by atoms with Crippen LogP contribution in [0.4, 0.5) is 0 Å². The summed E-state index contributed by atoms with van der Waals surface area (Å²) < 4.78 is 10.1. The van der Waals surface area contributed by atoms with Gasteiger partial charge < -0.3 is 19.7 Å². The molecule has 1 aromatic carbocycles. The Kier molecular flexibility index (Phi) is 3.91. The monoisotopic (exact) mass is 292 g/mol. The summed E-state index contributed by atoms with van der Waals surface area (Å²) >= 11 is 0. The first-order valence-corrected chi connectivity index (χ1v) is 6.56. The maximum atomic E-state index is 12.0. The van der Waals surface area contributed by atoms with Crippen molar-refractivity contribution < 1.29 is 29.3 Å². The van der Waals surface area contributed by atoms with E-state index in [9.17, 15) is 19.8 Å². The number of ether oxygens (including phenoxy) is 2. The van der Waals surface area contributed by atoms with E-state index in [1.165, 1.54) is 13.2 Å². The van der Waals surface area contributed by atoms with Crippen LogP contribution < -0.4 is 19.9 Å². The zero-order chi connectivity index (χ0) is 15.7. The number of hydrogen-bond acceptors (Lipinski definition) is 6. The zero-order valence-electron chi connectivity index (χ0n) is 12.0. The maximum Gasteiger partial charge on any atom is 0.322 e. The van der Waals surface area contributed by atoms with Crippen molar-refractivity contribution in [3.05, 3.63) is 16.5 Å². The van der Waals surface area contributed by atoms with Crippen LogP contribution in [0.1, 0.15) is 20.3 Å². The average molecular weight is 292 g/mol. The summed E-state index contributed by atoms with van der Waals surface area (Å²) in [5.74, 6) is -0.939. The topological polar surface area (TPSA) is 93.1 Å². The molecule has 6 nitrogen and oxygen atoms in total. The van der Waals surface area contributed by atoms with Gasteiger partial charge in [-0.3, -0.25) is 4.79 Å². The van der Waals surface area contributed by atoms with Crippen LogP contribution in [-0.4, -0.2) is 29.2 Å². The second-order valence-corrected chi connectivity index (χ2v) is 4.95. The van der Waals surface area contributed by atoms with Gasteiger partial charge in [-0.25, -0.2) is 4.79 Å². The van der Waals surface area contributed by atoms with E-state index in [4.69, 9.17) is 9.47 Å². The molecule has 1 aromatic rings. The molecular formula is C15H16O6. The Labute approximate surface area is 120 Å². The fourth-order valence-corrected chi connectivity index (χ4v) is 2.41. The van der Waals surface area contributed by atoms with Gasteiger partial charge in [0.1, 0.15) is 33.8 Å². The third kappa shape index (κ3) is 2.23. The van der Waals surface area contributed by atoms with E-state index in [0.29, 0.717) is 6.42 Å². The normalized spacial score (nSPS) is 18.5. The quantitative estimate of drug-likeness (QED) is 0.608. The first kappa shape index (κ1) is 14.9. The molecule has 112 valence electrons. The highest BCUT2D eigenvalue weighted by atomic mass is 16.5. The summed E-state index contributed by atoms with van der Waals surface area (Å²) in [7, 11) is 1.28. The maximum absolute atomic E-state index is 12.0. The molecule has 1 aliphatic rings. The molecule has 2 atom stereocenters. The van der Waals surface area contributed by atoms with Crippen molar-refractivity contribution in [1.82, 2.24) is 0 Å². The Morgan fingerprint density at radius 2 is 2.14 bits per heavy atom. The lowest BCUT2D eigenvalue weighted by atomic mass is 9.87. The van der Waals surface area contributed by atoms with Crippen LogP contribution in [0.15, 0.2) is 6.07 Å². The molecule has 0 saturated carbocycles. The van der Waals surface area contributed by atoms with Crippen molar-refractivity contribution in [2.45, 2.75) is 20.3 Å². The van der Waals surface area contributed by atoms with Crippen molar-refractivity contribution in [1.29, 1.82) is 0 Å². The van der Waals surface area contributed by atoms with Crippen molar-refractivity contribution in [2.24, 2.45) is 11.8 Å². The fourth-order valence-electron chi connectivity index (χ4n) is 2.41. The van der Waals surface area contributed by atoms with Gasteiger partial charge in [-0.15, -0.1) is 0 Å². The lowest BCUT2D eigenvalue weighted by molar-refractivity contribution is -0.139. The first-order valence-electron chi connectivity index (χ1n) is 6.56. The molecule has 0 amide bonds. The lowest BCUT2D eigenvalue weighted by Crippen LogP contribution is -2.37. The standard InChI is InChI=1S/C15H16O6/c1-4-7(2)10-12(17)11-9(21-15(10)19)5-8(6-16)14(20-3)13(11)18/h5,7,10,17-18H,4H2,1-3H3. The molecule has 1 aliphatic heterocycles. The molecule has 21 heavy (non-hydrogen) atoms. The number of aliphatic hydroxyl groups is 1.